The van der Waals surface area contributed by atoms with Gasteiger partial charge in [-0.15, -0.1) is 11.3 Å². The summed E-state index contributed by atoms with van der Waals surface area (Å²) in [5, 5.41) is 6.17. The summed E-state index contributed by atoms with van der Waals surface area (Å²) >= 11 is 1.58. The Hall–Kier alpha value is -1.47. The average molecular weight is 310 g/mol. The molecule has 1 N–H and O–H groups in total. The molecule has 1 fully saturated rings. The summed E-state index contributed by atoms with van der Waals surface area (Å²) in [6.45, 7) is 8.35. The van der Waals surface area contributed by atoms with Gasteiger partial charge >= 0.3 is 0 Å². The van der Waals surface area contributed by atoms with E-state index in [0.29, 0.717) is 26.2 Å². The summed E-state index contributed by atoms with van der Waals surface area (Å²) in [6, 6.07) is 0. The lowest BCUT2D eigenvalue weighted by atomic mass is 10.1. The highest BCUT2D eigenvalue weighted by Gasteiger charge is 2.26. The summed E-state index contributed by atoms with van der Waals surface area (Å²) < 4.78 is 0. The van der Waals surface area contributed by atoms with Gasteiger partial charge < -0.3 is 9.80 Å². The fourth-order valence-electron chi connectivity index (χ4n) is 2.29. The van der Waals surface area contributed by atoms with Gasteiger partial charge in [-0.2, -0.15) is 0 Å². The molecule has 1 aromatic heterocycles. The van der Waals surface area contributed by atoms with Crippen LogP contribution in [0.4, 0.5) is 0 Å². The van der Waals surface area contributed by atoms with Crippen molar-refractivity contribution < 1.29 is 9.59 Å². The first-order valence-corrected chi connectivity index (χ1v) is 7.96. The van der Waals surface area contributed by atoms with Crippen molar-refractivity contribution in [3.63, 3.8) is 0 Å². The molecule has 6 nitrogen and oxygen atoms in total. The number of carbonyl (C=O) groups is 2. The first-order chi connectivity index (χ1) is 9.90. The summed E-state index contributed by atoms with van der Waals surface area (Å²) in [7, 11) is 0. The van der Waals surface area contributed by atoms with E-state index in [4.69, 9.17) is 0 Å². The van der Waals surface area contributed by atoms with Crippen LogP contribution in [0.2, 0.25) is 0 Å². The molecule has 21 heavy (non-hydrogen) atoms. The van der Waals surface area contributed by atoms with Gasteiger partial charge in [-0.25, -0.2) is 4.98 Å². The number of thiazole rings is 1. The number of nitrogens with zero attached hydrogens (tertiary/aromatic N) is 3. The van der Waals surface area contributed by atoms with Crippen molar-refractivity contribution in [1.29, 1.82) is 0 Å². The number of amides is 2. The normalized spacial score (nSPS) is 16.1. The molecule has 2 heterocycles. The quantitative estimate of drug-likeness (QED) is 0.887. The molecule has 0 unspecified atom stereocenters. The third-order valence-corrected chi connectivity index (χ3v) is 4.82. The van der Waals surface area contributed by atoms with Crippen molar-refractivity contribution in [3.8, 4) is 0 Å². The van der Waals surface area contributed by atoms with Crippen LogP contribution in [0.3, 0.4) is 0 Å². The second-order valence-electron chi connectivity index (χ2n) is 5.70. The number of hydrogen-bond acceptors (Lipinski definition) is 5. The fraction of sp³-hybridized carbons (Fsp3) is 0.643. The van der Waals surface area contributed by atoms with E-state index in [1.165, 1.54) is 0 Å². The first-order valence-electron chi connectivity index (χ1n) is 7.08. The van der Waals surface area contributed by atoms with Crippen molar-refractivity contribution >= 4 is 23.2 Å². The van der Waals surface area contributed by atoms with Crippen LogP contribution in [-0.2, 0) is 15.1 Å². The summed E-state index contributed by atoms with van der Waals surface area (Å²) in [4.78, 5) is 31.4. The first kappa shape index (κ1) is 15.9. The Kier molecular flexibility index (Phi) is 4.95. The molecular weight excluding hydrogens is 288 g/mol. The van der Waals surface area contributed by atoms with Crippen LogP contribution in [0.25, 0.3) is 0 Å². The van der Waals surface area contributed by atoms with Gasteiger partial charge in [0.25, 0.3) is 0 Å². The number of rotatable bonds is 4. The Morgan fingerprint density at radius 1 is 1.29 bits per heavy atom. The maximum atomic E-state index is 12.2. The second kappa shape index (κ2) is 6.53. The Balaban J connectivity index is 1.82. The van der Waals surface area contributed by atoms with Crippen LogP contribution >= 0.6 is 11.3 Å². The summed E-state index contributed by atoms with van der Waals surface area (Å²) in [5.74, 6) is 0.146. The van der Waals surface area contributed by atoms with E-state index < -0.39 is 0 Å². The van der Waals surface area contributed by atoms with Crippen LogP contribution in [0.15, 0.2) is 11.6 Å². The minimum absolute atomic E-state index is 0.0721. The molecule has 0 spiro atoms. The molecule has 1 saturated heterocycles. The van der Waals surface area contributed by atoms with Gasteiger partial charge in [-0.1, -0.05) is 0 Å². The molecule has 0 radical (unpaired) electrons. The largest absolute Gasteiger partial charge is 0.339 e. The van der Waals surface area contributed by atoms with E-state index in [1.807, 2.05) is 24.1 Å². The lowest BCUT2D eigenvalue weighted by molar-refractivity contribution is -0.138. The Morgan fingerprint density at radius 3 is 2.43 bits per heavy atom. The van der Waals surface area contributed by atoms with Crippen molar-refractivity contribution in [2.75, 3.05) is 32.7 Å². The predicted octanol–water partition coefficient (Wildman–Crippen LogP) is 0.659. The van der Waals surface area contributed by atoms with Gasteiger partial charge in [0.15, 0.2) is 0 Å². The third-order valence-electron chi connectivity index (χ3n) is 3.73. The molecule has 1 aliphatic rings. The number of aromatic nitrogens is 1. The highest BCUT2D eigenvalue weighted by Crippen LogP contribution is 2.21. The van der Waals surface area contributed by atoms with Crippen LogP contribution in [0.5, 0.6) is 0 Å². The van der Waals surface area contributed by atoms with Gasteiger partial charge in [0, 0.05) is 44.7 Å². The molecule has 0 aliphatic carbocycles. The number of piperazine rings is 1. The van der Waals surface area contributed by atoms with E-state index in [2.05, 4.69) is 10.3 Å². The second-order valence-corrected chi connectivity index (χ2v) is 6.60. The van der Waals surface area contributed by atoms with Gasteiger partial charge in [-0.3, -0.25) is 14.9 Å². The molecule has 0 aromatic carbocycles. The zero-order chi connectivity index (χ0) is 15.5. The molecule has 7 heteroatoms. The van der Waals surface area contributed by atoms with Crippen LogP contribution in [-0.4, -0.2) is 59.3 Å². The molecule has 2 amide bonds. The van der Waals surface area contributed by atoms with Gasteiger partial charge in [0.1, 0.15) is 5.01 Å². The zero-order valence-electron chi connectivity index (χ0n) is 12.8. The lowest BCUT2D eigenvalue weighted by Gasteiger charge is -2.35. The standard InChI is InChI=1S/C14H22N4O2S/c1-11(19)17-5-7-18(8-6-17)12(20)10-16-14(2,3)13-15-4-9-21-13/h4,9,16H,5-8,10H2,1-3H3. The van der Waals surface area contributed by atoms with E-state index in [0.717, 1.165) is 5.01 Å². The van der Waals surface area contributed by atoms with Crippen molar-refractivity contribution in [3.05, 3.63) is 16.6 Å². The van der Waals surface area contributed by atoms with E-state index in [1.54, 1.807) is 29.4 Å². The van der Waals surface area contributed by atoms with Gasteiger partial charge in [-0.05, 0) is 13.8 Å². The molecule has 116 valence electrons. The molecule has 2 rings (SSSR count). The highest BCUT2D eigenvalue weighted by molar-refractivity contribution is 7.09. The predicted molar refractivity (Wildman–Crippen MR) is 82.0 cm³/mol. The van der Waals surface area contributed by atoms with Crippen molar-refractivity contribution in [1.82, 2.24) is 20.1 Å². The SMILES string of the molecule is CC(=O)N1CCN(C(=O)CNC(C)(C)c2nccs2)CC1. The lowest BCUT2D eigenvalue weighted by Crippen LogP contribution is -2.53. The van der Waals surface area contributed by atoms with E-state index >= 15 is 0 Å². The van der Waals surface area contributed by atoms with Gasteiger partial charge in [0.2, 0.25) is 11.8 Å². The third kappa shape index (κ3) is 4.01. The fourth-order valence-corrected chi connectivity index (χ4v) is 3.03. The topological polar surface area (TPSA) is 65.5 Å². The molecule has 0 saturated carbocycles. The molecule has 0 bridgehead atoms. The number of hydrogen-bond donors (Lipinski definition) is 1. The van der Waals surface area contributed by atoms with Crippen molar-refractivity contribution in [2.45, 2.75) is 26.3 Å². The van der Waals surface area contributed by atoms with E-state index in [-0.39, 0.29) is 23.9 Å². The smallest absolute Gasteiger partial charge is 0.236 e. The average Bonchev–Trinajstić information content (AvgIpc) is 3.00. The Bertz CT molecular complexity index is 493. The zero-order valence-corrected chi connectivity index (χ0v) is 13.6. The van der Waals surface area contributed by atoms with Crippen LogP contribution in [0, 0.1) is 0 Å². The summed E-state index contributed by atoms with van der Waals surface area (Å²) in [6.07, 6.45) is 1.77. The maximum Gasteiger partial charge on any atom is 0.236 e. The Morgan fingerprint density at radius 2 is 1.90 bits per heavy atom. The molecule has 0 atom stereocenters. The van der Waals surface area contributed by atoms with Gasteiger partial charge in [0.05, 0.1) is 12.1 Å². The minimum Gasteiger partial charge on any atom is -0.339 e. The monoisotopic (exact) mass is 310 g/mol. The number of nitrogens with one attached hydrogen (secondary N) is 1. The molecule has 1 aromatic rings. The minimum atomic E-state index is -0.314. The van der Waals surface area contributed by atoms with E-state index in [9.17, 15) is 9.59 Å². The van der Waals surface area contributed by atoms with Crippen LogP contribution < -0.4 is 5.32 Å². The highest BCUT2D eigenvalue weighted by atomic mass is 32.1. The number of carbonyl (C=O) groups excluding carboxylic acids is 2. The van der Waals surface area contributed by atoms with Crippen LogP contribution in [0.1, 0.15) is 25.8 Å². The maximum absolute atomic E-state index is 12.2. The molecular formula is C14H22N4O2S. The Labute approximate surface area is 129 Å². The molecule has 1 aliphatic heterocycles. The summed E-state index contributed by atoms with van der Waals surface area (Å²) in [5.41, 5.74) is -0.314. The van der Waals surface area contributed by atoms with Crippen molar-refractivity contribution in [2.24, 2.45) is 0 Å².